The minimum Gasteiger partial charge on any atom is -0.508 e. The van der Waals surface area contributed by atoms with E-state index in [1.165, 1.54) is 0 Å². The SMILES string of the molecule is CC(C)C(=O)NC(C)c1ccc(O)cc1. The Morgan fingerprint density at radius 2 is 1.73 bits per heavy atom. The second-order valence-corrected chi connectivity index (χ2v) is 3.98. The molecule has 0 spiro atoms. The minimum absolute atomic E-state index is 0.00966. The Morgan fingerprint density at radius 3 is 2.20 bits per heavy atom. The first-order valence-electron chi connectivity index (χ1n) is 5.10. The fourth-order valence-corrected chi connectivity index (χ4v) is 1.23. The Kier molecular flexibility index (Phi) is 3.72. The molecule has 0 aliphatic carbocycles. The minimum atomic E-state index is -0.0273. The van der Waals surface area contributed by atoms with Gasteiger partial charge in [-0.2, -0.15) is 0 Å². The molecule has 1 aromatic rings. The van der Waals surface area contributed by atoms with Crippen molar-refractivity contribution in [3.8, 4) is 5.75 Å². The van der Waals surface area contributed by atoms with E-state index in [4.69, 9.17) is 5.11 Å². The van der Waals surface area contributed by atoms with E-state index in [-0.39, 0.29) is 23.6 Å². The van der Waals surface area contributed by atoms with Crippen molar-refractivity contribution in [1.29, 1.82) is 0 Å². The molecule has 0 aliphatic rings. The average molecular weight is 207 g/mol. The van der Waals surface area contributed by atoms with E-state index in [0.29, 0.717) is 0 Å². The van der Waals surface area contributed by atoms with Gasteiger partial charge in [-0.15, -0.1) is 0 Å². The van der Waals surface area contributed by atoms with Crippen LogP contribution in [0.25, 0.3) is 0 Å². The summed E-state index contributed by atoms with van der Waals surface area (Å²) in [6.45, 7) is 5.64. The van der Waals surface area contributed by atoms with Gasteiger partial charge in [0.2, 0.25) is 5.91 Å². The molecular formula is C12H17NO2. The predicted molar refractivity (Wildman–Crippen MR) is 59.5 cm³/mol. The van der Waals surface area contributed by atoms with E-state index in [1.807, 2.05) is 20.8 Å². The summed E-state index contributed by atoms with van der Waals surface area (Å²) in [6.07, 6.45) is 0. The molecule has 0 bridgehead atoms. The second kappa shape index (κ2) is 4.82. The number of carbonyl (C=O) groups excluding carboxylic acids is 1. The molecular weight excluding hydrogens is 190 g/mol. The molecule has 0 radical (unpaired) electrons. The van der Waals surface area contributed by atoms with Crippen LogP contribution in [0.4, 0.5) is 0 Å². The summed E-state index contributed by atoms with van der Waals surface area (Å²) in [6, 6.07) is 6.82. The number of amides is 1. The van der Waals surface area contributed by atoms with Crippen LogP contribution in [0.5, 0.6) is 5.75 Å². The molecule has 0 fully saturated rings. The van der Waals surface area contributed by atoms with Crippen LogP contribution in [0.15, 0.2) is 24.3 Å². The lowest BCUT2D eigenvalue weighted by atomic mass is 10.1. The average Bonchev–Trinajstić information content (AvgIpc) is 2.18. The van der Waals surface area contributed by atoms with Crippen molar-refractivity contribution >= 4 is 5.91 Å². The summed E-state index contributed by atoms with van der Waals surface area (Å²) < 4.78 is 0. The van der Waals surface area contributed by atoms with Gasteiger partial charge in [0.1, 0.15) is 5.75 Å². The topological polar surface area (TPSA) is 49.3 Å². The summed E-state index contributed by atoms with van der Waals surface area (Å²) in [7, 11) is 0. The Hall–Kier alpha value is -1.51. The number of hydrogen-bond acceptors (Lipinski definition) is 2. The molecule has 1 unspecified atom stereocenters. The lowest BCUT2D eigenvalue weighted by Gasteiger charge is -2.15. The number of carbonyl (C=O) groups is 1. The molecule has 3 nitrogen and oxygen atoms in total. The lowest BCUT2D eigenvalue weighted by Crippen LogP contribution is -2.30. The van der Waals surface area contributed by atoms with Crippen molar-refractivity contribution in [3.05, 3.63) is 29.8 Å². The van der Waals surface area contributed by atoms with Crippen molar-refractivity contribution in [2.45, 2.75) is 26.8 Å². The van der Waals surface area contributed by atoms with Crippen LogP contribution in [0.2, 0.25) is 0 Å². The number of phenolic OH excluding ortho intramolecular Hbond substituents is 1. The second-order valence-electron chi connectivity index (χ2n) is 3.98. The van der Waals surface area contributed by atoms with Gasteiger partial charge in [-0.3, -0.25) is 4.79 Å². The molecule has 82 valence electrons. The molecule has 0 saturated heterocycles. The summed E-state index contributed by atoms with van der Waals surface area (Å²) in [5, 5.41) is 12.0. The Labute approximate surface area is 90.1 Å². The van der Waals surface area contributed by atoms with E-state index in [2.05, 4.69) is 5.32 Å². The highest BCUT2D eigenvalue weighted by Gasteiger charge is 2.11. The quantitative estimate of drug-likeness (QED) is 0.798. The normalized spacial score (nSPS) is 12.5. The smallest absolute Gasteiger partial charge is 0.223 e. The summed E-state index contributed by atoms with van der Waals surface area (Å²) in [4.78, 5) is 11.4. The van der Waals surface area contributed by atoms with E-state index in [0.717, 1.165) is 5.56 Å². The van der Waals surface area contributed by atoms with Gasteiger partial charge in [0.15, 0.2) is 0 Å². The number of nitrogens with one attached hydrogen (secondary N) is 1. The van der Waals surface area contributed by atoms with Crippen molar-refractivity contribution < 1.29 is 9.90 Å². The van der Waals surface area contributed by atoms with Crippen LogP contribution < -0.4 is 5.32 Å². The molecule has 0 saturated carbocycles. The van der Waals surface area contributed by atoms with Gasteiger partial charge in [-0.1, -0.05) is 26.0 Å². The third-order valence-corrected chi connectivity index (χ3v) is 2.28. The number of aromatic hydroxyl groups is 1. The van der Waals surface area contributed by atoms with Gasteiger partial charge < -0.3 is 10.4 Å². The van der Waals surface area contributed by atoms with Crippen LogP contribution >= 0.6 is 0 Å². The summed E-state index contributed by atoms with van der Waals surface area (Å²) >= 11 is 0. The fraction of sp³-hybridized carbons (Fsp3) is 0.417. The molecule has 15 heavy (non-hydrogen) atoms. The third kappa shape index (κ3) is 3.27. The molecule has 1 atom stereocenters. The van der Waals surface area contributed by atoms with Gasteiger partial charge in [-0.25, -0.2) is 0 Å². The Morgan fingerprint density at radius 1 is 1.20 bits per heavy atom. The molecule has 1 rings (SSSR count). The first-order valence-corrected chi connectivity index (χ1v) is 5.10. The molecule has 3 heteroatoms. The Balaban J connectivity index is 2.65. The van der Waals surface area contributed by atoms with Gasteiger partial charge in [-0.05, 0) is 24.6 Å². The van der Waals surface area contributed by atoms with Gasteiger partial charge in [0.25, 0.3) is 0 Å². The van der Waals surface area contributed by atoms with Crippen LogP contribution in [0.3, 0.4) is 0 Å². The van der Waals surface area contributed by atoms with Crippen molar-refractivity contribution in [1.82, 2.24) is 5.32 Å². The highest BCUT2D eigenvalue weighted by Crippen LogP contribution is 2.16. The number of benzene rings is 1. The van der Waals surface area contributed by atoms with Crippen molar-refractivity contribution in [3.63, 3.8) is 0 Å². The first kappa shape index (κ1) is 11.6. The van der Waals surface area contributed by atoms with Crippen LogP contribution in [0, 0.1) is 5.92 Å². The number of hydrogen-bond donors (Lipinski definition) is 2. The first-order chi connectivity index (χ1) is 7.00. The zero-order chi connectivity index (χ0) is 11.4. The molecule has 1 aromatic carbocycles. The molecule has 0 heterocycles. The van der Waals surface area contributed by atoms with Crippen molar-refractivity contribution in [2.75, 3.05) is 0 Å². The maximum absolute atomic E-state index is 11.4. The fourth-order valence-electron chi connectivity index (χ4n) is 1.23. The van der Waals surface area contributed by atoms with Crippen LogP contribution in [-0.4, -0.2) is 11.0 Å². The number of phenols is 1. The Bertz CT molecular complexity index is 330. The van der Waals surface area contributed by atoms with E-state index in [9.17, 15) is 4.79 Å². The zero-order valence-corrected chi connectivity index (χ0v) is 9.32. The standard InChI is InChI=1S/C12H17NO2/c1-8(2)12(15)13-9(3)10-4-6-11(14)7-5-10/h4-9,14H,1-3H3,(H,13,15). The van der Waals surface area contributed by atoms with Crippen molar-refractivity contribution in [2.24, 2.45) is 5.92 Å². The van der Waals surface area contributed by atoms with Gasteiger partial charge in [0.05, 0.1) is 6.04 Å². The third-order valence-electron chi connectivity index (χ3n) is 2.28. The largest absolute Gasteiger partial charge is 0.508 e. The molecule has 2 N–H and O–H groups in total. The molecule has 0 aliphatic heterocycles. The maximum Gasteiger partial charge on any atom is 0.223 e. The highest BCUT2D eigenvalue weighted by atomic mass is 16.3. The zero-order valence-electron chi connectivity index (χ0n) is 9.32. The highest BCUT2D eigenvalue weighted by molar-refractivity contribution is 5.78. The van der Waals surface area contributed by atoms with E-state index < -0.39 is 0 Å². The van der Waals surface area contributed by atoms with Gasteiger partial charge in [0, 0.05) is 5.92 Å². The monoisotopic (exact) mass is 207 g/mol. The maximum atomic E-state index is 11.4. The lowest BCUT2D eigenvalue weighted by molar-refractivity contribution is -0.124. The van der Waals surface area contributed by atoms with E-state index in [1.54, 1.807) is 24.3 Å². The van der Waals surface area contributed by atoms with Crippen LogP contribution in [-0.2, 0) is 4.79 Å². The van der Waals surface area contributed by atoms with Crippen LogP contribution in [0.1, 0.15) is 32.4 Å². The van der Waals surface area contributed by atoms with Gasteiger partial charge >= 0.3 is 0 Å². The summed E-state index contributed by atoms with van der Waals surface area (Å²) in [5.41, 5.74) is 0.988. The molecule has 0 aromatic heterocycles. The number of rotatable bonds is 3. The summed E-state index contributed by atoms with van der Waals surface area (Å²) in [5.74, 6) is 0.265. The predicted octanol–water partition coefficient (Wildman–Crippen LogP) is 2.23. The molecule has 1 amide bonds. The van der Waals surface area contributed by atoms with E-state index >= 15 is 0 Å².